The van der Waals surface area contributed by atoms with Gasteiger partial charge in [-0.2, -0.15) is 0 Å². The Morgan fingerprint density at radius 3 is 2.22 bits per heavy atom. The average molecular weight is 314 g/mol. The van der Waals surface area contributed by atoms with E-state index in [0.29, 0.717) is 29.3 Å². The van der Waals surface area contributed by atoms with Crippen molar-refractivity contribution in [3.05, 3.63) is 53.1 Å². The molecule has 2 N–H and O–H groups in total. The van der Waals surface area contributed by atoms with E-state index in [1.807, 2.05) is 19.1 Å². The number of nitrogens with two attached hydrogens (primary N) is 1. The Kier molecular flexibility index (Phi) is 5.11. The van der Waals surface area contributed by atoms with Gasteiger partial charge in [-0.3, -0.25) is 4.79 Å². The second-order valence-electron chi connectivity index (χ2n) is 5.42. The van der Waals surface area contributed by atoms with Gasteiger partial charge in [0.2, 0.25) is 0 Å². The van der Waals surface area contributed by atoms with Crippen molar-refractivity contribution in [3.8, 4) is 11.5 Å². The standard InChI is InChI=1S/C18H22N2O3/c1-12-9-16(22-3)17(23-4)10-14(12)11-20(2)18(21)13-5-7-15(19)8-6-13/h5-10H,11,19H2,1-4H3. The number of carbonyl (C=O) groups excluding carboxylic acids is 1. The van der Waals surface area contributed by atoms with Gasteiger partial charge in [0.25, 0.3) is 5.91 Å². The number of carbonyl (C=O) groups is 1. The summed E-state index contributed by atoms with van der Waals surface area (Å²) in [5, 5.41) is 0. The number of hydrogen-bond donors (Lipinski definition) is 1. The van der Waals surface area contributed by atoms with Crippen molar-refractivity contribution in [2.75, 3.05) is 27.0 Å². The van der Waals surface area contributed by atoms with E-state index in [9.17, 15) is 4.79 Å². The Balaban J connectivity index is 2.21. The van der Waals surface area contributed by atoms with Crippen molar-refractivity contribution in [3.63, 3.8) is 0 Å². The van der Waals surface area contributed by atoms with Crippen LogP contribution in [0.2, 0.25) is 0 Å². The van der Waals surface area contributed by atoms with Crippen LogP contribution in [0.5, 0.6) is 11.5 Å². The minimum absolute atomic E-state index is 0.0563. The molecule has 23 heavy (non-hydrogen) atoms. The Morgan fingerprint density at radius 1 is 1.09 bits per heavy atom. The van der Waals surface area contributed by atoms with Crippen molar-refractivity contribution < 1.29 is 14.3 Å². The minimum atomic E-state index is -0.0563. The van der Waals surface area contributed by atoms with Crippen LogP contribution in [0.25, 0.3) is 0 Å². The zero-order chi connectivity index (χ0) is 17.0. The molecule has 0 fully saturated rings. The first-order chi connectivity index (χ1) is 11.0. The molecule has 0 aliphatic rings. The molecule has 0 aromatic heterocycles. The van der Waals surface area contributed by atoms with E-state index < -0.39 is 0 Å². The molecule has 0 saturated carbocycles. The average Bonchev–Trinajstić information content (AvgIpc) is 2.56. The van der Waals surface area contributed by atoms with E-state index in [1.54, 1.807) is 50.4 Å². The number of methoxy groups -OCH3 is 2. The van der Waals surface area contributed by atoms with E-state index >= 15 is 0 Å². The fourth-order valence-corrected chi connectivity index (χ4v) is 2.37. The highest BCUT2D eigenvalue weighted by atomic mass is 16.5. The normalized spacial score (nSPS) is 10.3. The molecule has 5 nitrogen and oxygen atoms in total. The molecule has 0 atom stereocenters. The van der Waals surface area contributed by atoms with E-state index in [1.165, 1.54) is 0 Å². The Hall–Kier alpha value is -2.69. The van der Waals surface area contributed by atoms with E-state index in [4.69, 9.17) is 15.2 Å². The van der Waals surface area contributed by atoms with Gasteiger partial charge in [0.05, 0.1) is 14.2 Å². The predicted molar refractivity (Wildman–Crippen MR) is 90.9 cm³/mol. The van der Waals surface area contributed by atoms with Gasteiger partial charge in [0, 0.05) is 24.8 Å². The molecule has 122 valence electrons. The fraction of sp³-hybridized carbons (Fsp3) is 0.278. The van der Waals surface area contributed by atoms with Crippen LogP contribution in [0.4, 0.5) is 5.69 Å². The maximum absolute atomic E-state index is 12.5. The Morgan fingerprint density at radius 2 is 1.65 bits per heavy atom. The molecule has 0 bridgehead atoms. The van der Waals surface area contributed by atoms with Crippen LogP contribution in [-0.4, -0.2) is 32.1 Å². The van der Waals surface area contributed by atoms with Gasteiger partial charge < -0.3 is 20.1 Å². The van der Waals surface area contributed by atoms with Crippen LogP contribution in [0.1, 0.15) is 21.5 Å². The third-order valence-electron chi connectivity index (χ3n) is 3.75. The smallest absolute Gasteiger partial charge is 0.253 e. The van der Waals surface area contributed by atoms with Crippen LogP contribution in [0, 0.1) is 6.92 Å². The highest BCUT2D eigenvalue weighted by Crippen LogP contribution is 2.30. The van der Waals surface area contributed by atoms with Gasteiger partial charge >= 0.3 is 0 Å². The van der Waals surface area contributed by atoms with Crippen molar-refractivity contribution >= 4 is 11.6 Å². The number of nitrogen functional groups attached to an aromatic ring is 1. The number of anilines is 1. The molecule has 0 unspecified atom stereocenters. The molecule has 0 spiro atoms. The highest BCUT2D eigenvalue weighted by molar-refractivity contribution is 5.94. The molecule has 2 aromatic carbocycles. The lowest BCUT2D eigenvalue weighted by Crippen LogP contribution is -2.26. The number of nitrogens with zero attached hydrogens (tertiary/aromatic N) is 1. The van der Waals surface area contributed by atoms with Crippen LogP contribution >= 0.6 is 0 Å². The SMILES string of the molecule is COc1cc(C)c(CN(C)C(=O)c2ccc(N)cc2)cc1OC. The molecule has 1 amide bonds. The van der Waals surface area contributed by atoms with E-state index in [2.05, 4.69) is 0 Å². The number of amides is 1. The molecule has 2 rings (SSSR count). The van der Waals surface area contributed by atoms with Crippen LogP contribution in [0.3, 0.4) is 0 Å². The van der Waals surface area contributed by atoms with E-state index in [-0.39, 0.29) is 5.91 Å². The molecule has 0 aliphatic carbocycles. The van der Waals surface area contributed by atoms with Gasteiger partial charge in [-0.1, -0.05) is 0 Å². The summed E-state index contributed by atoms with van der Waals surface area (Å²) < 4.78 is 10.6. The molecular weight excluding hydrogens is 292 g/mol. The summed E-state index contributed by atoms with van der Waals surface area (Å²) in [6, 6.07) is 10.7. The van der Waals surface area contributed by atoms with Crippen LogP contribution < -0.4 is 15.2 Å². The maximum Gasteiger partial charge on any atom is 0.253 e. The van der Waals surface area contributed by atoms with Crippen LogP contribution in [0.15, 0.2) is 36.4 Å². The predicted octanol–water partition coefficient (Wildman–Crippen LogP) is 2.87. The second-order valence-corrected chi connectivity index (χ2v) is 5.42. The topological polar surface area (TPSA) is 64.8 Å². The molecule has 0 aliphatic heterocycles. The number of benzene rings is 2. The number of aryl methyl sites for hydroxylation is 1. The largest absolute Gasteiger partial charge is 0.493 e. The monoisotopic (exact) mass is 314 g/mol. The van der Waals surface area contributed by atoms with Crippen molar-refractivity contribution in [2.45, 2.75) is 13.5 Å². The van der Waals surface area contributed by atoms with Crippen molar-refractivity contribution in [1.82, 2.24) is 4.90 Å². The van der Waals surface area contributed by atoms with Gasteiger partial charge in [-0.05, 0) is 54.4 Å². The molecular formula is C18H22N2O3. The van der Waals surface area contributed by atoms with Crippen molar-refractivity contribution in [2.24, 2.45) is 0 Å². The highest BCUT2D eigenvalue weighted by Gasteiger charge is 2.15. The second kappa shape index (κ2) is 7.05. The summed E-state index contributed by atoms with van der Waals surface area (Å²) in [7, 11) is 4.97. The Labute approximate surface area is 136 Å². The van der Waals surface area contributed by atoms with Gasteiger partial charge in [-0.25, -0.2) is 0 Å². The first kappa shape index (κ1) is 16.7. The van der Waals surface area contributed by atoms with Gasteiger partial charge in [0.1, 0.15) is 0 Å². The van der Waals surface area contributed by atoms with Gasteiger partial charge in [-0.15, -0.1) is 0 Å². The molecule has 0 heterocycles. The molecule has 2 aromatic rings. The maximum atomic E-state index is 12.5. The summed E-state index contributed by atoms with van der Waals surface area (Å²) in [6.07, 6.45) is 0. The lowest BCUT2D eigenvalue weighted by Gasteiger charge is -2.20. The quantitative estimate of drug-likeness (QED) is 0.862. The summed E-state index contributed by atoms with van der Waals surface area (Å²) in [4.78, 5) is 14.1. The minimum Gasteiger partial charge on any atom is -0.493 e. The summed E-state index contributed by atoms with van der Waals surface area (Å²) in [5.74, 6) is 1.28. The number of ether oxygens (including phenoxy) is 2. The Bertz CT molecular complexity index is 696. The lowest BCUT2D eigenvalue weighted by atomic mass is 10.1. The first-order valence-corrected chi connectivity index (χ1v) is 7.28. The van der Waals surface area contributed by atoms with E-state index in [0.717, 1.165) is 11.1 Å². The lowest BCUT2D eigenvalue weighted by molar-refractivity contribution is 0.0785. The zero-order valence-electron chi connectivity index (χ0n) is 13.9. The van der Waals surface area contributed by atoms with Crippen LogP contribution in [-0.2, 0) is 6.54 Å². The summed E-state index contributed by atoms with van der Waals surface area (Å²) >= 11 is 0. The zero-order valence-corrected chi connectivity index (χ0v) is 13.9. The molecule has 0 radical (unpaired) electrons. The number of rotatable bonds is 5. The third-order valence-corrected chi connectivity index (χ3v) is 3.75. The first-order valence-electron chi connectivity index (χ1n) is 7.28. The number of hydrogen-bond acceptors (Lipinski definition) is 4. The van der Waals surface area contributed by atoms with Gasteiger partial charge in [0.15, 0.2) is 11.5 Å². The fourth-order valence-electron chi connectivity index (χ4n) is 2.37. The summed E-state index contributed by atoms with van der Waals surface area (Å²) in [5.41, 5.74) is 8.95. The third kappa shape index (κ3) is 3.74. The molecule has 0 saturated heterocycles. The van der Waals surface area contributed by atoms with Crippen molar-refractivity contribution in [1.29, 1.82) is 0 Å². The molecule has 5 heteroatoms. The summed E-state index contributed by atoms with van der Waals surface area (Å²) in [6.45, 7) is 2.47.